The molecule has 132 valence electrons. The van der Waals surface area contributed by atoms with E-state index in [9.17, 15) is 14.4 Å². The largest absolute Gasteiger partial charge is 0.459 e. The fraction of sp³-hybridized carbons (Fsp3) is 0.389. The molecule has 3 heterocycles. The third-order valence-corrected chi connectivity index (χ3v) is 5.27. The summed E-state index contributed by atoms with van der Waals surface area (Å²) in [5.41, 5.74) is 0. The third kappa shape index (κ3) is 4.17. The minimum absolute atomic E-state index is 0.0121. The molecule has 1 fully saturated rings. The Hall–Kier alpha value is -2.41. The van der Waals surface area contributed by atoms with Crippen molar-refractivity contribution >= 4 is 28.9 Å². The molecule has 25 heavy (non-hydrogen) atoms. The molecule has 3 rings (SSSR count). The first-order valence-electron chi connectivity index (χ1n) is 8.25. The maximum Gasteiger partial charge on any atom is 0.289 e. The van der Waals surface area contributed by atoms with Crippen molar-refractivity contribution in [2.24, 2.45) is 0 Å². The van der Waals surface area contributed by atoms with Gasteiger partial charge in [-0.15, -0.1) is 11.3 Å². The van der Waals surface area contributed by atoms with Gasteiger partial charge in [-0.25, -0.2) is 0 Å². The molecule has 0 unspecified atom stereocenters. The lowest BCUT2D eigenvalue weighted by Gasteiger charge is -2.34. The lowest BCUT2D eigenvalue weighted by molar-refractivity contribution is -0.132. The number of aryl methyl sites for hydroxylation is 1. The van der Waals surface area contributed by atoms with Gasteiger partial charge in [0.15, 0.2) is 11.5 Å². The maximum atomic E-state index is 12.3. The smallest absolute Gasteiger partial charge is 0.289 e. The summed E-state index contributed by atoms with van der Waals surface area (Å²) in [5.74, 6) is 0.141. The molecule has 1 aliphatic heterocycles. The first kappa shape index (κ1) is 17.4. The molecule has 7 heteroatoms. The van der Waals surface area contributed by atoms with Crippen molar-refractivity contribution in [3.63, 3.8) is 0 Å². The van der Waals surface area contributed by atoms with Crippen LogP contribution in [0.1, 0.15) is 37.9 Å². The molecule has 2 amide bonds. The number of nitrogens with zero attached hydrogens (tertiary/aromatic N) is 2. The zero-order valence-electron chi connectivity index (χ0n) is 14.1. The summed E-state index contributed by atoms with van der Waals surface area (Å²) in [5, 5.41) is 0. The fourth-order valence-corrected chi connectivity index (χ4v) is 3.64. The number of thiophene rings is 1. The van der Waals surface area contributed by atoms with Gasteiger partial charge in [-0.05, 0) is 31.2 Å². The van der Waals surface area contributed by atoms with E-state index in [-0.39, 0.29) is 30.4 Å². The Balaban J connectivity index is 1.45. The summed E-state index contributed by atoms with van der Waals surface area (Å²) in [6.07, 6.45) is 1.91. The third-order valence-electron chi connectivity index (χ3n) is 4.23. The Kier molecular flexibility index (Phi) is 5.33. The molecule has 0 aromatic carbocycles. The molecule has 2 aromatic rings. The molecular formula is C18H20N2O4S. The number of carbonyl (C=O) groups is 3. The summed E-state index contributed by atoms with van der Waals surface area (Å²) in [6.45, 7) is 3.87. The molecule has 0 bridgehead atoms. The molecule has 0 spiro atoms. The van der Waals surface area contributed by atoms with Gasteiger partial charge in [0.25, 0.3) is 5.91 Å². The Morgan fingerprint density at radius 3 is 2.36 bits per heavy atom. The van der Waals surface area contributed by atoms with Crippen LogP contribution in [0.2, 0.25) is 0 Å². The molecule has 2 aromatic heterocycles. The highest BCUT2D eigenvalue weighted by atomic mass is 32.1. The predicted octanol–water partition coefficient (Wildman–Crippen LogP) is 2.60. The van der Waals surface area contributed by atoms with E-state index < -0.39 is 0 Å². The van der Waals surface area contributed by atoms with Gasteiger partial charge in [-0.3, -0.25) is 14.4 Å². The second-order valence-corrected chi connectivity index (χ2v) is 7.27. The van der Waals surface area contributed by atoms with Crippen molar-refractivity contribution in [3.05, 3.63) is 46.0 Å². The van der Waals surface area contributed by atoms with Crippen LogP contribution < -0.4 is 0 Å². The van der Waals surface area contributed by atoms with Gasteiger partial charge in [0.05, 0.1) is 11.1 Å². The van der Waals surface area contributed by atoms with Gasteiger partial charge in [0.1, 0.15) is 0 Å². The Labute approximate surface area is 150 Å². The second kappa shape index (κ2) is 7.65. The first-order chi connectivity index (χ1) is 12.0. The van der Waals surface area contributed by atoms with E-state index in [0.717, 1.165) is 4.88 Å². The van der Waals surface area contributed by atoms with Crippen LogP contribution >= 0.6 is 11.3 Å². The zero-order valence-corrected chi connectivity index (χ0v) is 14.9. The number of carbonyl (C=O) groups excluding carboxylic acids is 3. The molecular weight excluding hydrogens is 340 g/mol. The van der Waals surface area contributed by atoms with Gasteiger partial charge in [-0.2, -0.15) is 0 Å². The van der Waals surface area contributed by atoms with Crippen molar-refractivity contribution in [3.8, 4) is 0 Å². The normalized spacial score (nSPS) is 14.6. The molecule has 0 aliphatic carbocycles. The van der Waals surface area contributed by atoms with E-state index >= 15 is 0 Å². The van der Waals surface area contributed by atoms with E-state index in [1.165, 1.54) is 17.6 Å². The van der Waals surface area contributed by atoms with Crippen molar-refractivity contribution in [1.29, 1.82) is 0 Å². The van der Waals surface area contributed by atoms with Gasteiger partial charge >= 0.3 is 0 Å². The van der Waals surface area contributed by atoms with Crippen LogP contribution in [0.4, 0.5) is 0 Å². The highest BCUT2D eigenvalue weighted by Gasteiger charge is 2.26. The molecule has 0 radical (unpaired) electrons. The minimum atomic E-state index is -0.152. The van der Waals surface area contributed by atoms with Crippen molar-refractivity contribution in [2.75, 3.05) is 26.2 Å². The van der Waals surface area contributed by atoms with E-state index in [2.05, 4.69) is 0 Å². The van der Waals surface area contributed by atoms with Gasteiger partial charge < -0.3 is 14.2 Å². The molecule has 0 N–H and O–H groups in total. The molecule has 6 nitrogen and oxygen atoms in total. The zero-order chi connectivity index (χ0) is 17.8. The molecule has 0 saturated carbocycles. The summed E-state index contributed by atoms with van der Waals surface area (Å²) in [6, 6.07) is 7.04. The quantitative estimate of drug-likeness (QED) is 0.769. The second-order valence-electron chi connectivity index (χ2n) is 5.98. The Morgan fingerprint density at radius 1 is 1.04 bits per heavy atom. The average Bonchev–Trinajstić information content (AvgIpc) is 3.30. The van der Waals surface area contributed by atoms with E-state index in [4.69, 9.17) is 4.42 Å². The van der Waals surface area contributed by atoms with Crippen LogP contribution in [0.15, 0.2) is 34.9 Å². The first-order valence-corrected chi connectivity index (χ1v) is 9.06. The van der Waals surface area contributed by atoms with Crippen LogP contribution in [0.5, 0.6) is 0 Å². The predicted molar refractivity (Wildman–Crippen MR) is 93.8 cm³/mol. The van der Waals surface area contributed by atoms with Gasteiger partial charge in [0.2, 0.25) is 5.91 Å². The number of hydrogen-bond acceptors (Lipinski definition) is 5. The number of rotatable bonds is 5. The van der Waals surface area contributed by atoms with E-state index in [0.29, 0.717) is 36.8 Å². The standard InChI is InChI=1S/C18H20N2O4S/c1-13-4-6-16(25-13)14(21)5-7-17(22)19-8-10-20(11-9-19)18(23)15-3-2-12-24-15/h2-4,6,12H,5,7-11H2,1H3. The minimum Gasteiger partial charge on any atom is -0.459 e. The Morgan fingerprint density at radius 2 is 1.76 bits per heavy atom. The van der Waals surface area contributed by atoms with Crippen LogP contribution in [0.3, 0.4) is 0 Å². The number of piperazine rings is 1. The average molecular weight is 360 g/mol. The molecule has 1 aliphatic rings. The molecule has 0 atom stereocenters. The van der Waals surface area contributed by atoms with Crippen LogP contribution in [0.25, 0.3) is 0 Å². The number of ketones is 1. The van der Waals surface area contributed by atoms with E-state index in [1.807, 2.05) is 19.1 Å². The van der Waals surface area contributed by atoms with Gasteiger partial charge in [-0.1, -0.05) is 0 Å². The number of furan rings is 1. The van der Waals surface area contributed by atoms with E-state index in [1.54, 1.807) is 21.9 Å². The topological polar surface area (TPSA) is 70.8 Å². The Bertz CT molecular complexity index is 758. The van der Waals surface area contributed by atoms with Crippen LogP contribution in [-0.4, -0.2) is 53.6 Å². The monoisotopic (exact) mass is 360 g/mol. The van der Waals surface area contributed by atoms with Crippen LogP contribution in [-0.2, 0) is 4.79 Å². The number of hydrogen-bond donors (Lipinski definition) is 0. The highest BCUT2D eigenvalue weighted by Crippen LogP contribution is 2.18. The lowest BCUT2D eigenvalue weighted by Crippen LogP contribution is -2.50. The molecule has 1 saturated heterocycles. The summed E-state index contributed by atoms with van der Waals surface area (Å²) in [4.78, 5) is 41.8. The fourth-order valence-electron chi connectivity index (χ4n) is 2.80. The van der Waals surface area contributed by atoms with Crippen molar-refractivity contribution in [2.45, 2.75) is 19.8 Å². The highest BCUT2D eigenvalue weighted by molar-refractivity contribution is 7.14. The maximum absolute atomic E-state index is 12.3. The van der Waals surface area contributed by atoms with Crippen LogP contribution in [0, 0.1) is 6.92 Å². The summed E-state index contributed by atoms with van der Waals surface area (Å²) < 4.78 is 5.12. The summed E-state index contributed by atoms with van der Waals surface area (Å²) >= 11 is 1.46. The van der Waals surface area contributed by atoms with Crippen molar-refractivity contribution in [1.82, 2.24) is 9.80 Å². The van der Waals surface area contributed by atoms with Gasteiger partial charge in [0, 0.05) is 43.9 Å². The number of Topliss-reactive ketones (excluding diaryl/α,β-unsaturated/α-hetero) is 1. The lowest BCUT2D eigenvalue weighted by atomic mass is 10.1. The van der Waals surface area contributed by atoms with Crippen molar-refractivity contribution < 1.29 is 18.8 Å². The SMILES string of the molecule is Cc1ccc(C(=O)CCC(=O)N2CCN(C(=O)c3ccco3)CC2)s1. The number of amides is 2. The summed E-state index contributed by atoms with van der Waals surface area (Å²) in [7, 11) is 0.